The number of anilines is 3. The third-order valence-electron chi connectivity index (χ3n) is 6.90. The fourth-order valence-corrected chi connectivity index (χ4v) is 4.81. The van der Waals surface area contributed by atoms with Crippen LogP contribution in [0.1, 0.15) is 50.6 Å². The fraction of sp³-hybridized carbons (Fsp3) is 0.370. The predicted octanol–water partition coefficient (Wildman–Crippen LogP) is 5.44. The zero-order valence-electron chi connectivity index (χ0n) is 20.0. The van der Waals surface area contributed by atoms with Crippen molar-refractivity contribution in [2.24, 2.45) is 5.92 Å². The molecule has 4 aromatic rings. The van der Waals surface area contributed by atoms with Gasteiger partial charge in [0.05, 0.1) is 23.9 Å². The molecular weight excluding hydrogens is 436 g/mol. The first-order chi connectivity index (χ1) is 17.1. The van der Waals surface area contributed by atoms with Crippen molar-refractivity contribution in [3.8, 4) is 17.5 Å². The number of hydrogen-bond acceptors (Lipinski definition) is 7. The normalized spacial score (nSPS) is 15.9. The van der Waals surface area contributed by atoms with Crippen LogP contribution in [0.2, 0.25) is 0 Å². The third-order valence-corrected chi connectivity index (χ3v) is 6.90. The quantitative estimate of drug-likeness (QED) is 0.389. The van der Waals surface area contributed by atoms with Gasteiger partial charge in [0, 0.05) is 55.1 Å². The second-order valence-electron chi connectivity index (χ2n) is 9.91. The molecule has 1 saturated carbocycles. The molecule has 6 rings (SSSR count). The molecule has 0 amide bonds. The lowest BCUT2D eigenvalue weighted by atomic mass is 9.92. The summed E-state index contributed by atoms with van der Waals surface area (Å²) in [7, 11) is 0. The highest BCUT2D eigenvalue weighted by molar-refractivity contribution is 5.98. The maximum Gasteiger partial charge on any atom is 0.164 e. The maximum absolute atomic E-state index is 8.99. The summed E-state index contributed by atoms with van der Waals surface area (Å²) in [6.45, 7) is 6.27. The molecule has 0 unspecified atom stereocenters. The molecule has 4 heterocycles. The first-order valence-corrected chi connectivity index (χ1v) is 12.3. The van der Waals surface area contributed by atoms with E-state index in [0.29, 0.717) is 35.9 Å². The summed E-state index contributed by atoms with van der Waals surface area (Å²) < 4.78 is 2.01. The van der Waals surface area contributed by atoms with Crippen molar-refractivity contribution >= 4 is 28.1 Å². The van der Waals surface area contributed by atoms with Gasteiger partial charge in [0.15, 0.2) is 5.82 Å². The second-order valence-corrected chi connectivity index (χ2v) is 9.91. The van der Waals surface area contributed by atoms with Gasteiger partial charge in [-0.25, -0.2) is 15.0 Å². The van der Waals surface area contributed by atoms with Crippen LogP contribution >= 0.6 is 0 Å². The van der Waals surface area contributed by atoms with Crippen LogP contribution in [0.5, 0.6) is 0 Å². The summed E-state index contributed by atoms with van der Waals surface area (Å²) in [6.07, 6.45) is 10.6. The van der Waals surface area contributed by atoms with Gasteiger partial charge in [0.2, 0.25) is 0 Å². The number of nitriles is 1. The maximum atomic E-state index is 8.99. The van der Waals surface area contributed by atoms with Crippen molar-refractivity contribution < 1.29 is 0 Å². The Balaban J connectivity index is 1.29. The van der Waals surface area contributed by atoms with Gasteiger partial charge >= 0.3 is 0 Å². The number of fused-ring (bicyclic) bond motifs is 1. The molecule has 8 nitrogen and oxygen atoms in total. The fourth-order valence-electron chi connectivity index (χ4n) is 4.81. The van der Waals surface area contributed by atoms with Crippen LogP contribution in [-0.2, 0) is 0 Å². The van der Waals surface area contributed by atoms with Crippen LogP contribution in [-0.4, -0.2) is 37.8 Å². The van der Waals surface area contributed by atoms with Crippen LogP contribution < -0.4 is 10.2 Å². The molecule has 2 fully saturated rings. The van der Waals surface area contributed by atoms with Gasteiger partial charge in [0.1, 0.15) is 11.6 Å². The molecule has 1 saturated heterocycles. The number of pyridine rings is 1. The smallest absolute Gasteiger partial charge is 0.164 e. The molecule has 3 aromatic heterocycles. The SMILES string of the molecule is CC(C)c1ccc(N2CC(CC#N)C2)c2cnc(Nc3ccnc(-c4cnn(C5CC5)c4)n3)cc12. The van der Waals surface area contributed by atoms with Crippen LogP contribution in [0.15, 0.2) is 49.1 Å². The molecule has 176 valence electrons. The Labute approximate surface area is 204 Å². The van der Waals surface area contributed by atoms with Crippen LogP contribution in [0, 0.1) is 17.2 Å². The van der Waals surface area contributed by atoms with E-state index >= 15 is 0 Å². The largest absolute Gasteiger partial charge is 0.370 e. The summed E-state index contributed by atoms with van der Waals surface area (Å²) in [4.78, 5) is 16.2. The van der Waals surface area contributed by atoms with Crippen molar-refractivity contribution in [2.45, 2.75) is 45.1 Å². The Bertz CT molecular complexity index is 1420. The third kappa shape index (κ3) is 4.18. The first-order valence-electron chi connectivity index (χ1n) is 12.3. The zero-order valence-corrected chi connectivity index (χ0v) is 20.0. The van der Waals surface area contributed by atoms with E-state index in [1.165, 1.54) is 29.5 Å². The van der Waals surface area contributed by atoms with Gasteiger partial charge in [-0.15, -0.1) is 0 Å². The lowest BCUT2D eigenvalue weighted by molar-refractivity contribution is 0.419. The molecular formula is C27H28N8. The minimum Gasteiger partial charge on any atom is -0.370 e. The van der Waals surface area contributed by atoms with Crippen molar-refractivity contribution in [1.82, 2.24) is 24.7 Å². The number of hydrogen-bond donors (Lipinski definition) is 1. The van der Waals surface area contributed by atoms with Crippen molar-refractivity contribution in [2.75, 3.05) is 23.3 Å². The van der Waals surface area contributed by atoms with Gasteiger partial charge in [-0.1, -0.05) is 19.9 Å². The lowest BCUT2D eigenvalue weighted by Gasteiger charge is -2.40. The molecule has 1 aliphatic heterocycles. The summed E-state index contributed by atoms with van der Waals surface area (Å²) in [5, 5.41) is 19.2. The highest BCUT2D eigenvalue weighted by Crippen LogP contribution is 2.37. The zero-order chi connectivity index (χ0) is 23.9. The Kier molecular flexibility index (Phi) is 5.33. The number of benzene rings is 1. The highest BCUT2D eigenvalue weighted by Gasteiger charge is 2.28. The van der Waals surface area contributed by atoms with Crippen molar-refractivity contribution in [3.63, 3.8) is 0 Å². The van der Waals surface area contributed by atoms with Gasteiger partial charge in [-0.2, -0.15) is 10.4 Å². The van der Waals surface area contributed by atoms with Gasteiger partial charge in [-0.3, -0.25) is 4.68 Å². The van der Waals surface area contributed by atoms with Crippen molar-refractivity contribution in [3.05, 3.63) is 54.6 Å². The van der Waals surface area contributed by atoms with E-state index in [0.717, 1.165) is 29.9 Å². The number of aromatic nitrogens is 5. The van der Waals surface area contributed by atoms with Gasteiger partial charge in [-0.05, 0) is 47.9 Å². The molecule has 1 aromatic carbocycles. The molecule has 0 spiro atoms. The average Bonchev–Trinajstić information content (AvgIpc) is 3.57. The number of nitrogens with zero attached hydrogens (tertiary/aromatic N) is 7. The van der Waals surface area contributed by atoms with E-state index in [4.69, 9.17) is 15.2 Å². The van der Waals surface area contributed by atoms with E-state index < -0.39 is 0 Å². The monoisotopic (exact) mass is 464 g/mol. The Morgan fingerprint density at radius 2 is 1.94 bits per heavy atom. The molecule has 1 aliphatic carbocycles. The summed E-state index contributed by atoms with van der Waals surface area (Å²) >= 11 is 0. The minimum atomic E-state index is 0.387. The van der Waals surface area contributed by atoms with Crippen molar-refractivity contribution in [1.29, 1.82) is 5.26 Å². The molecule has 0 radical (unpaired) electrons. The molecule has 35 heavy (non-hydrogen) atoms. The van der Waals surface area contributed by atoms with E-state index in [2.05, 4.69) is 58.4 Å². The van der Waals surface area contributed by atoms with E-state index in [1.54, 1.807) is 6.20 Å². The average molecular weight is 465 g/mol. The standard InChI is InChI=1S/C27H28N8/c1-17(2)21-5-6-24(34-14-18(15-34)7-9-28)23-13-30-26(11-22(21)23)32-25-8-10-29-27(33-25)19-12-31-35(16-19)20-3-4-20/h5-6,8,10-13,16-18,20H,3-4,7,14-15H2,1-2H3,(H,29,30,32,33). The number of rotatable bonds is 7. The molecule has 0 atom stereocenters. The molecule has 1 N–H and O–H groups in total. The lowest BCUT2D eigenvalue weighted by Crippen LogP contribution is -2.46. The highest BCUT2D eigenvalue weighted by atomic mass is 15.3. The number of nitrogens with one attached hydrogen (secondary N) is 1. The first kappa shape index (κ1) is 21.5. The minimum absolute atomic E-state index is 0.387. The molecule has 2 aliphatic rings. The van der Waals surface area contributed by atoms with E-state index in [9.17, 15) is 0 Å². The van der Waals surface area contributed by atoms with Crippen LogP contribution in [0.3, 0.4) is 0 Å². The van der Waals surface area contributed by atoms with E-state index in [1.807, 2.05) is 29.3 Å². The summed E-state index contributed by atoms with van der Waals surface area (Å²) in [5.41, 5.74) is 3.40. The Morgan fingerprint density at radius 3 is 2.71 bits per heavy atom. The van der Waals surface area contributed by atoms with Gasteiger partial charge in [0.25, 0.3) is 0 Å². The summed E-state index contributed by atoms with van der Waals surface area (Å²) in [5.74, 6) is 2.94. The van der Waals surface area contributed by atoms with Gasteiger partial charge < -0.3 is 10.2 Å². The predicted molar refractivity (Wildman–Crippen MR) is 137 cm³/mol. The van der Waals surface area contributed by atoms with Crippen LogP contribution in [0.4, 0.5) is 17.3 Å². The molecule has 0 bridgehead atoms. The Morgan fingerprint density at radius 1 is 1.09 bits per heavy atom. The Hall–Kier alpha value is -3.99. The second kappa shape index (κ2) is 8.66. The van der Waals surface area contributed by atoms with E-state index in [-0.39, 0.29) is 0 Å². The molecule has 8 heteroatoms. The summed E-state index contributed by atoms with van der Waals surface area (Å²) in [6, 6.07) is 11.2. The topological polar surface area (TPSA) is 95.5 Å². The van der Waals surface area contributed by atoms with Crippen LogP contribution in [0.25, 0.3) is 22.2 Å².